The standard InChI is InChI=1S/C42H51F3N5O8PS/c1-6-20-55-59(52,56-21-7-2)58-35(25-49(8-3)9-4)17-19-40(51)57-42(28-50-30-47-29-48-50,37-18-16-34(43)23-39(37)45)31(5)60-36-26-53-41(54-27-36)13-11-10-12-33-15-14-32(24-46)22-38(33)44/h6-7,10-16,18,22-23,29-31,35-36,41H,1-2,8-9,17,19-21,25-28H2,3-5H3/b12-10+,13-11+/t31-,35?,36-,41-,42-/m1/s1. The number of thioether (sulfide) groups is 1. The third-order valence-electron chi connectivity index (χ3n) is 9.28. The van der Waals surface area contributed by atoms with Crippen molar-refractivity contribution in [2.24, 2.45) is 0 Å². The fourth-order valence-corrected chi connectivity index (χ4v) is 8.84. The molecule has 0 N–H and O–H groups in total. The number of likely N-dealkylation sites (N-methyl/N-ethyl adjacent to an activating group) is 1. The Kier molecular flexibility index (Phi) is 19.5. The van der Waals surface area contributed by atoms with E-state index in [4.69, 9.17) is 33.0 Å². The summed E-state index contributed by atoms with van der Waals surface area (Å²) in [5.74, 6) is -3.03. The number of nitriles is 1. The van der Waals surface area contributed by atoms with Gasteiger partial charge in [0.25, 0.3) is 0 Å². The largest absolute Gasteiger partial charge is 0.475 e. The zero-order valence-electron chi connectivity index (χ0n) is 33.9. The molecule has 2 aromatic carbocycles. The van der Waals surface area contributed by atoms with Gasteiger partial charge in [0.2, 0.25) is 0 Å². The number of phosphoric acid groups is 1. The number of allylic oxidation sites excluding steroid dienone is 2. The lowest BCUT2D eigenvalue weighted by atomic mass is 9.89. The number of nitrogens with zero attached hydrogens (tertiary/aromatic N) is 5. The lowest BCUT2D eigenvalue weighted by Crippen LogP contribution is -2.47. The summed E-state index contributed by atoms with van der Waals surface area (Å²) in [5, 5.41) is 12.1. The minimum absolute atomic E-state index is 0.0118. The van der Waals surface area contributed by atoms with Crippen molar-refractivity contribution in [1.82, 2.24) is 19.7 Å². The minimum atomic E-state index is -4.13. The number of carbonyl (C=O) groups excluding carboxylic acids is 1. The van der Waals surface area contributed by atoms with Crippen molar-refractivity contribution < 1.29 is 50.3 Å². The predicted molar refractivity (Wildman–Crippen MR) is 222 cm³/mol. The molecule has 1 aliphatic heterocycles. The van der Waals surface area contributed by atoms with Crippen molar-refractivity contribution in [2.45, 2.75) is 68.7 Å². The second kappa shape index (κ2) is 24.2. The first-order valence-electron chi connectivity index (χ1n) is 19.3. The summed E-state index contributed by atoms with van der Waals surface area (Å²) in [7, 11) is -4.13. The Morgan fingerprint density at radius 1 is 1.10 bits per heavy atom. The number of aromatic nitrogens is 3. The number of carbonyl (C=O) groups is 1. The minimum Gasteiger partial charge on any atom is -0.451 e. The van der Waals surface area contributed by atoms with Crippen LogP contribution in [0.15, 0.2) is 92.6 Å². The van der Waals surface area contributed by atoms with Crippen LogP contribution in [0.25, 0.3) is 6.08 Å². The molecular formula is C42H51F3N5O8PS. The van der Waals surface area contributed by atoms with E-state index < -0.39 is 54.5 Å². The molecule has 1 unspecified atom stereocenters. The molecule has 0 radical (unpaired) electrons. The maximum atomic E-state index is 16.0. The maximum absolute atomic E-state index is 16.0. The Bertz CT molecular complexity index is 1990. The molecule has 60 heavy (non-hydrogen) atoms. The highest BCUT2D eigenvalue weighted by atomic mass is 32.2. The molecule has 1 aliphatic rings. The van der Waals surface area contributed by atoms with Crippen molar-refractivity contribution in [2.75, 3.05) is 46.1 Å². The zero-order chi connectivity index (χ0) is 43.5. The molecular weight excluding hydrogens is 823 g/mol. The molecule has 0 saturated carbocycles. The van der Waals surface area contributed by atoms with Crippen molar-refractivity contribution in [1.29, 1.82) is 5.26 Å². The molecule has 3 aromatic rings. The Morgan fingerprint density at radius 2 is 1.82 bits per heavy atom. The van der Waals surface area contributed by atoms with E-state index in [1.165, 1.54) is 59.4 Å². The normalized spacial score (nSPS) is 18.0. The average Bonchev–Trinajstić information content (AvgIpc) is 3.75. The fourth-order valence-electron chi connectivity index (χ4n) is 6.17. The number of phosphoric ester groups is 1. The molecule has 2 heterocycles. The van der Waals surface area contributed by atoms with Gasteiger partial charge in [-0.3, -0.25) is 18.4 Å². The highest BCUT2D eigenvalue weighted by Gasteiger charge is 2.47. The molecule has 18 heteroatoms. The Balaban J connectivity index is 1.55. The molecule has 1 fully saturated rings. The van der Waals surface area contributed by atoms with Crippen LogP contribution in [0.3, 0.4) is 0 Å². The van der Waals surface area contributed by atoms with Gasteiger partial charge in [0, 0.05) is 35.4 Å². The summed E-state index contributed by atoms with van der Waals surface area (Å²) in [5.41, 5.74) is -1.34. The van der Waals surface area contributed by atoms with Crippen LogP contribution in [0.1, 0.15) is 50.3 Å². The van der Waals surface area contributed by atoms with Crippen molar-refractivity contribution in [3.63, 3.8) is 0 Å². The summed E-state index contributed by atoms with van der Waals surface area (Å²) in [4.78, 5) is 20.1. The molecule has 1 aromatic heterocycles. The highest BCUT2D eigenvalue weighted by molar-refractivity contribution is 8.00. The number of hydrogen-bond donors (Lipinski definition) is 0. The van der Waals surface area contributed by atoms with E-state index in [2.05, 4.69) is 23.2 Å². The van der Waals surface area contributed by atoms with E-state index in [9.17, 15) is 18.1 Å². The van der Waals surface area contributed by atoms with Crippen LogP contribution in [0, 0.1) is 28.8 Å². The number of rotatable bonds is 25. The average molecular weight is 874 g/mol. The van der Waals surface area contributed by atoms with Crippen molar-refractivity contribution in [3.8, 4) is 6.07 Å². The summed E-state index contributed by atoms with van der Waals surface area (Å²) in [6.45, 7) is 14.4. The number of hydrogen-bond acceptors (Lipinski definition) is 13. The Labute approximate surface area is 353 Å². The van der Waals surface area contributed by atoms with E-state index in [1.807, 2.05) is 24.8 Å². The number of halogens is 3. The first-order chi connectivity index (χ1) is 28.9. The second-order valence-electron chi connectivity index (χ2n) is 13.5. The van der Waals surface area contributed by atoms with Crippen molar-refractivity contribution in [3.05, 3.63) is 127 Å². The third-order valence-corrected chi connectivity index (χ3v) is 12.2. The molecule has 3 atom stereocenters. The monoisotopic (exact) mass is 873 g/mol. The lowest BCUT2D eigenvalue weighted by Gasteiger charge is -2.40. The van der Waals surface area contributed by atoms with Crippen LogP contribution >= 0.6 is 19.6 Å². The third kappa shape index (κ3) is 14.4. The topological polar surface area (TPSA) is 147 Å². The summed E-state index contributed by atoms with van der Waals surface area (Å²) < 4.78 is 94.6. The van der Waals surface area contributed by atoms with E-state index >= 15 is 4.39 Å². The Hall–Kier alpha value is -4.37. The molecule has 4 rings (SSSR count). The van der Waals surface area contributed by atoms with Gasteiger partial charge in [-0.25, -0.2) is 27.4 Å². The van der Waals surface area contributed by atoms with Crippen LogP contribution in [0.2, 0.25) is 0 Å². The van der Waals surface area contributed by atoms with Crippen LogP contribution in [0.5, 0.6) is 0 Å². The van der Waals surface area contributed by atoms with Crippen LogP contribution in [-0.2, 0) is 49.3 Å². The van der Waals surface area contributed by atoms with Gasteiger partial charge in [-0.15, -0.1) is 24.9 Å². The quantitative estimate of drug-likeness (QED) is 0.0349. The number of benzene rings is 2. The van der Waals surface area contributed by atoms with E-state index in [0.717, 1.165) is 18.2 Å². The molecule has 1 saturated heterocycles. The van der Waals surface area contributed by atoms with Gasteiger partial charge in [0.05, 0.1) is 56.0 Å². The highest BCUT2D eigenvalue weighted by Crippen LogP contribution is 2.51. The lowest BCUT2D eigenvalue weighted by molar-refractivity contribution is -0.164. The van der Waals surface area contributed by atoms with Gasteiger partial charge < -0.3 is 19.1 Å². The molecule has 0 bridgehead atoms. The second-order valence-corrected chi connectivity index (χ2v) is 16.7. The SMILES string of the molecule is C=CCOP(=O)(OCC=C)OC(CCC(=O)O[C@@](Cn1cncn1)(c1ccc(F)cc1F)[C@@H](C)S[C@H]1CO[C@H](/C=C/C=C/c2ccc(C#N)cc2F)OC1)CN(CC)CC. The summed E-state index contributed by atoms with van der Waals surface area (Å²) in [6, 6.07) is 9.14. The van der Waals surface area contributed by atoms with Crippen LogP contribution < -0.4 is 0 Å². The maximum Gasteiger partial charge on any atom is 0.475 e. The van der Waals surface area contributed by atoms with Crippen LogP contribution in [0.4, 0.5) is 13.2 Å². The van der Waals surface area contributed by atoms with Gasteiger partial charge in [0.1, 0.15) is 30.1 Å². The van der Waals surface area contributed by atoms with Gasteiger partial charge >= 0.3 is 13.8 Å². The summed E-state index contributed by atoms with van der Waals surface area (Å²) in [6.07, 6.45) is 10.2. The number of ether oxygens (including phenoxy) is 3. The van der Waals surface area contributed by atoms with Crippen LogP contribution in [-0.4, -0.2) is 94.6 Å². The van der Waals surface area contributed by atoms with E-state index in [1.54, 1.807) is 31.2 Å². The van der Waals surface area contributed by atoms with Gasteiger partial charge in [-0.2, -0.15) is 10.4 Å². The molecule has 0 amide bonds. The van der Waals surface area contributed by atoms with Gasteiger partial charge in [0.15, 0.2) is 11.9 Å². The van der Waals surface area contributed by atoms with E-state index in [-0.39, 0.29) is 68.7 Å². The van der Waals surface area contributed by atoms with E-state index in [0.29, 0.717) is 18.7 Å². The molecule has 0 aliphatic carbocycles. The molecule has 13 nitrogen and oxygen atoms in total. The molecule has 324 valence electrons. The van der Waals surface area contributed by atoms with Gasteiger partial charge in [-0.1, -0.05) is 50.3 Å². The Morgan fingerprint density at radius 3 is 2.42 bits per heavy atom. The first-order valence-corrected chi connectivity index (χ1v) is 21.7. The van der Waals surface area contributed by atoms with Crippen molar-refractivity contribution >= 4 is 31.6 Å². The zero-order valence-corrected chi connectivity index (χ0v) is 35.6. The van der Waals surface area contributed by atoms with Gasteiger partial charge in [-0.05, 0) is 56.8 Å². The first kappa shape index (κ1) is 48.3. The number of esters is 1. The molecule has 0 spiro atoms. The fraction of sp³-hybridized carbons (Fsp3) is 0.429. The smallest absolute Gasteiger partial charge is 0.451 e. The predicted octanol–water partition coefficient (Wildman–Crippen LogP) is 8.16. The summed E-state index contributed by atoms with van der Waals surface area (Å²) >= 11 is 1.32.